The predicted molar refractivity (Wildman–Crippen MR) is 182 cm³/mol. The largest absolute Gasteiger partial charge is 0.369 e. The van der Waals surface area contributed by atoms with Crippen LogP contribution in [0.2, 0.25) is 16.6 Å². The monoisotopic (exact) mass is 613 g/mol. The van der Waals surface area contributed by atoms with E-state index in [2.05, 4.69) is 97.6 Å². The number of piperazine rings is 1. The van der Waals surface area contributed by atoms with E-state index < -0.39 is 8.07 Å². The Morgan fingerprint density at radius 3 is 2.25 bits per heavy atom. The van der Waals surface area contributed by atoms with Gasteiger partial charge in [-0.25, -0.2) is 4.98 Å². The number of carbonyl (C=O) groups is 1. The van der Waals surface area contributed by atoms with Crippen LogP contribution in [0.4, 0.5) is 17.3 Å². The average molecular weight is 614 g/mol. The van der Waals surface area contributed by atoms with Crippen molar-refractivity contribution in [3.8, 4) is 11.5 Å². The standard InChI is InChI=1S/C34H47N7O2Si/c1-23(2)44(24(3)4,25(5)6)19-14-26-20-32(43)41(22-28-10-13-31(42)36-28)33-30(26)21-35-34(38-33)37-27-8-11-29(12-9-27)40-17-15-39(7)16-18-40/h8-9,11-12,20-21,23-25,28H,10,13,15-18,22H2,1-7H3,(H,36,42)(H,35,37,38)/t28-/m0/s1. The highest BCUT2D eigenvalue weighted by atomic mass is 28.3. The molecule has 0 saturated carbocycles. The summed E-state index contributed by atoms with van der Waals surface area (Å²) in [6.45, 7) is 18.2. The van der Waals surface area contributed by atoms with Gasteiger partial charge >= 0.3 is 0 Å². The Hall–Kier alpha value is -3.68. The van der Waals surface area contributed by atoms with Gasteiger partial charge < -0.3 is 20.4 Å². The maximum Gasteiger partial charge on any atom is 0.253 e. The summed E-state index contributed by atoms with van der Waals surface area (Å²) < 4.78 is 1.66. The number of carbonyl (C=O) groups excluding carboxylic acids is 1. The van der Waals surface area contributed by atoms with E-state index in [9.17, 15) is 9.59 Å². The van der Waals surface area contributed by atoms with Crippen LogP contribution in [0.1, 0.15) is 59.9 Å². The minimum absolute atomic E-state index is 0.0178. The quantitative estimate of drug-likeness (QED) is 0.269. The van der Waals surface area contributed by atoms with Crippen molar-refractivity contribution in [2.45, 2.75) is 83.6 Å². The first-order valence-corrected chi connectivity index (χ1v) is 18.2. The van der Waals surface area contributed by atoms with Crippen LogP contribution in [0.3, 0.4) is 0 Å². The van der Waals surface area contributed by atoms with Crippen molar-refractivity contribution in [1.82, 2.24) is 24.8 Å². The van der Waals surface area contributed by atoms with Gasteiger partial charge in [-0.1, -0.05) is 47.5 Å². The lowest BCUT2D eigenvalue weighted by Gasteiger charge is -2.38. The molecule has 4 heterocycles. The number of amides is 1. The second-order valence-corrected chi connectivity index (χ2v) is 18.9. The van der Waals surface area contributed by atoms with Crippen molar-refractivity contribution >= 4 is 42.3 Å². The van der Waals surface area contributed by atoms with E-state index in [1.807, 2.05) is 12.1 Å². The summed E-state index contributed by atoms with van der Waals surface area (Å²) in [5.74, 6) is 3.90. The predicted octanol–water partition coefficient (Wildman–Crippen LogP) is 5.14. The van der Waals surface area contributed by atoms with Gasteiger partial charge in [-0.05, 0) is 54.4 Å². The zero-order valence-electron chi connectivity index (χ0n) is 27.3. The molecule has 1 aromatic carbocycles. The third-order valence-corrected chi connectivity index (χ3v) is 15.9. The fourth-order valence-corrected chi connectivity index (χ4v) is 12.3. The van der Waals surface area contributed by atoms with Crippen LogP contribution in [-0.2, 0) is 11.3 Å². The molecule has 234 valence electrons. The van der Waals surface area contributed by atoms with Crippen molar-refractivity contribution < 1.29 is 4.79 Å². The number of anilines is 3. The number of likely N-dealkylation sites (N-methyl/N-ethyl adjacent to an activating group) is 1. The number of pyridine rings is 1. The number of rotatable bonds is 8. The zero-order chi connectivity index (χ0) is 31.6. The Labute approximate surface area is 262 Å². The van der Waals surface area contributed by atoms with Gasteiger partial charge in [0.1, 0.15) is 13.7 Å². The zero-order valence-corrected chi connectivity index (χ0v) is 28.3. The molecule has 0 spiro atoms. The minimum Gasteiger partial charge on any atom is -0.369 e. The van der Waals surface area contributed by atoms with Gasteiger partial charge in [-0.2, -0.15) is 4.98 Å². The molecule has 10 heteroatoms. The van der Waals surface area contributed by atoms with Gasteiger partial charge in [0.15, 0.2) is 0 Å². The van der Waals surface area contributed by atoms with Crippen LogP contribution >= 0.6 is 0 Å². The van der Waals surface area contributed by atoms with Crippen LogP contribution < -0.4 is 21.1 Å². The van der Waals surface area contributed by atoms with E-state index in [0.717, 1.165) is 37.3 Å². The SMILES string of the molecule is CC(C)[Si](C#Cc1cc(=O)n(C[C@@H]2CCC(=O)N2)c2nc(Nc3ccc(N4CCN(C)CC4)cc3)ncc12)(C(C)C)C(C)C. The summed E-state index contributed by atoms with van der Waals surface area (Å²) in [4.78, 5) is 39.9. The molecule has 2 saturated heterocycles. The van der Waals surface area contributed by atoms with Crippen molar-refractivity contribution in [3.63, 3.8) is 0 Å². The third-order valence-electron chi connectivity index (χ3n) is 9.61. The fourth-order valence-electron chi connectivity index (χ4n) is 7.08. The molecule has 2 aliphatic rings. The first-order chi connectivity index (χ1) is 21.0. The number of nitrogens with one attached hydrogen (secondary N) is 2. The van der Waals surface area contributed by atoms with Gasteiger partial charge in [0.05, 0.1) is 5.39 Å². The highest BCUT2D eigenvalue weighted by Gasteiger charge is 2.41. The van der Waals surface area contributed by atoms with Crippen LogP contribution in [-0.4, -0.2) is 72.7 Å². The molecule has 0 aliphatic carbocycles. The molecular formula is C34H47N7O2Si. The number of nitrogens with zero attached hydrogens (tertiary/aromatic N) is 5. The van der Waals surface area contributed by atoms with Crippen LogP contribution in [0.15, 0.2) is 41.3 Å². The summed E-state index contributed by atoms with van der Waals surface area (Å²) in [5, 5.41) is 7.08. The van der Waals surface area contributed by atoms with Crippen LogP contribution in [0.25, 0.3) is 11.0 Å². The lowest BCUT2D eigenvalue weighted by molar-refractivity contribution is -0.119. The fraction of sp³-hybridized carbons (Fsp3) is 0.529. The van der Waals surface area contributed by atoms with Gasteiger partial charge in [-0.15, -0.1) is 5.54 Å². The van der Waals surface area contributed by atoms with Crippen LogP contribution in [0.5, 0.6) is 0 Å². The normalized spacial score (nSPS) is 17.8. The molecule has 9 nitrogen and oxygen atoms in total. The first kappa shape index (κ1) is 31.7. The lowest BCUT2D eigenvalue weighted by Crippen LogP contribution is -2.44. The molecule has 3 aromatic rings. The second kappa shape index (κ2) is 13.1. The van der Waals surface area contributed by atoms with Crippen molar-refractivity contribution in [3.05, 3.63) is 52.4 Å². The number of hydrogen-bond acceptors (Lipinski definition) is 7. The Morgan fingerprint density at radius 1 is 1.00 bits per heavy atom. The van der Waals surface area contributed by atoms with Gasteiger partial charge in [0.25, 0.3) is 5.56 Å². The molecule has 44 heavy (non-hydrogen) atoms. The maximum atomic E-state index is 13.6. The summed E-state index contributed by atoms with van der Waals surface area (Å²) in [6, 6.07) is 9.83. The van der Waals surface area contributed by atoms with Crippen molar-refractivity contribution in [2.75, 3.05) is 43.4 Å². The first-order valence-electron chi connectivity index (χ1n) is 16.0. The van der Waals surface area contributed by atoms with Gasteiger partial charge in [-0.3, -0.25) is 14.2 Å². The van der Waals surface area contributed by atoms with E-state index in [4.69, 9.17) is 4.98 Å². The molecule has 1 atom stereocenters. The molecule has 0 radical (unpaired) electrons. The Kier molecular flexibility index (Phi) is 9.47. The highest BCUT2D eigenvalue weighted by Crippen LogP contribution is 2.41. The molecular weight excluding hydrogens is 567 g/mol. The molecule has 2 fully saturated rings. The number of aromatic nitrogens is 3. The van der Waals surface area contributed by atoms with Gasteiger partial charge in [0.2, 0.25) is 11.9 Å². The average Bonchev–Trinajstić information content (AvgIpc) is 3.40. The van der Waals surface area contributed by atoms with E-state index in [1.54, 1.807) is 16.8 Å². The molecule has 2 aliphatic heterocycles. The Morgan fingerprint density at radius 2 is 1.66 bits per heavy atom. The Balaban J connectivity index is 1.52. The summed E-state index contributed by atoms with van der Waals surface area (Å²) >= 11 is 0. The lowest BCUT2D eigenvalue weighted by atomic mass is 10.1. The summed E-state index contributed by atoms with van der Waals surface area (Å²) in [6.07, 6.45) is 2.94. The van der Waals surface area contributed by atoms with E-state index in [0.29, 0.717) is 53.2 Å². The maximum absolute atomic E-state index is 13.6. The number of fused-ring (bicyclic) bond motifs is 1. The molecule has 2 aromatic heterocycles. The third kappa shape index (κ3) is 6.54. The molecule has 0 unspecified atom stereocenters. The van der Waals surface area contributed by atoms with E-state index in [1.165, 1.54) is 5.69 Å². The van der Waals surface area contributed by atoms with Crippen molar-refractivity contribution in [2.24, 2.45) is 0 Å². The molecule has 0 bridgehead atoms. The van der Waals surface area contributed by atoms with Gasteiger partial charge in [0, 0.05) is 74.4 Å². The number of benzene rings is 1. The van der Waals surface area contributed by atoms with Crippen molar-refractivity contribution in [1.29, 1.82) is 0 Å². The summed E-state index contributed by atoms with van der Waals surface area (Å²) in [5.41, 5.74) is 8.27. The van der Waals surface area contributed by atoms with E-state index in [-0.39, 0.29) is 17.5 Å². The number of hydrogen-bond donors (Lipinski definition) is 2. The molecule has 1 amide bonds. The molecule has 2 N–H and O–H groups in total. The minimum atomic E-state index is -2.03. The Bertz CT molecular complexity index is 1590. The van der Waals surface area contributed by atoms with E-state index >= 15 is 0 Å². The smallest absolute Gasteiger partial charge is 0.253 e. The highest BCUT2D eigenvalue weighted by molar-refractivity contribution is 6.90. The topological polar surface area (TPSA) is 95.4 Å². The van der Waals surface area contributed by atoms with Crippen LogP contribution in [0, 0.1) is 11.5 Å². The molecule has 5 rings (SSSR count). The second-order valence-electron chi connectivity index (χ2n) is 13.4. The summed E-state index contributed by atoms with van der Waals surface area (Å²) in [7, 11) is 0.132.